The van der Waals surface area contributed by atoms with Crippen LogP contribution in [0.5, 0.6) is 0 Å². The van der Waals surface area contributed by atoms with Crippen molar-refractivity contribution < 1.29 is 13.2 Å². The molecule has 1 aliphatic carbocycles. The van der Waals surface area contributed by atoms with Gasteiger partial charge >= 0.3 is 0 Å². The second-order valence-corrected chi connectivity index (χ2v) is 6.87. The molecule has 0 saturated heterocycles. The molecule has 20 heavy (non-hydrogen) atoms. The molecule has 1 saturated carbocycles. The summed E-state index contributed by atoms with van der Waals surface area (Å²) in [5.74, 6) is 0.262. The number of hydrogen-bond donors (Lipinski definition) is 1. The Balaban J connectivity index is 1.73. The van der Waals surface area contributed by atoms with Gasteiger partial charge in [0.15, 0.2) is 0 Å². The molecule has 2 aliphatic rings. The average Bonchev–Trinajstić information content (AvgIpc) is 3.24. The molecule has 7 heteroatoms. The van der Waals surface area contributed by atoms with Crippen molar-refractivity contribution in [2.75, 3.05) is 13.1 Å². The fraction of sp³-hybridized carbons (Fsp3) is 0.385. The summed E-state index contributed by atoms with van der Waals surface area (Å²) in [6.07, 6.45) is 3.47. The van der Waals surface area contributed by atoms with Crippen LogP contribution >= 0.6 is 0 Å². The number of carbonyl (C=O) groups is 1. The van der Waals surface area contributed by atoms with Gasteiger partial charge in [0.2, 0.25) is 5.91 Å². The molecule has 0 spiro atoms. The van der Waals surface area contributed by atoms with E-state index in [1.807, 2.05) is 0 Å². The average molecular weight is 293 g/mol. The van der Waals surface area contributed by atoms with Crippen molar-refractivity contribution in [2.45, 2.75) is 17.7 Å². The van der Waals surface area contributed by atoms with Gasteiger partial charge in [0.25, 0.3) is 10.0 Å². The van der Waals surface area contributed by atoms with E-state index in [1.54, 1.807) is 18.2 Å². The SMILES string of the molecule is O=C(CN1C=Nc2ccccc2S1(=O)=O)NCC1CC1. The first-order valence-corrected chi connectivity index (χ1v) is 7.93. The predicted octanol–water partition coefficient (Wildman–Crippen LogP) is 0.877. The molecule has 1 fully saturated rings. The van der Waals surface area contributed by atoms with Crippen molar-refractivity contribution in [3.8, 4) is 0 Å². The minimum absolute atomic E-state index is 0.137. The number of hydrogen-bond acceptors (Lipinski definition) is 4. The van der Waals surface area contributed by atoms with Gasteiger partial charge in [-0.25, -0.2) is 17.7 Å². The molecule has 0 aromatic heterocycles. The van der Waals surface area contributed by atoms with Crippen LogP contribution in [0.15, 0.2) is 34.2 Å². The molecular formula is C13H15N3O3S. The monoisotopic (exact) mass is 293 g/mol. The minimum atomic E-state index is -3.68. The second-order valence-electron chi connectivity index (χ2n) is 5.01. The molecule has 0 radical (unpaired) electrons. The standard InChI is InChI=1S/C13H15N3O3S/c17-13(14-7-10-5-6-10)8-16-9-15-11-3-1-2-4-12(11)20(16,18)19/h1-4,9-10H,5-8H2,(H,14,17). The van der Waals surface area contributed by atoms with Gasteiger partial charge in [0.1, 0.15) is 17.8 Å². The van der Waals surface area contributed by atoms with Crippen LogP contribution in [0.4, 0.5) is 5.69 Å². The molecule has 1 aromatic rings. The van der Waals surface area contributed by atoms with Crippen LogP contribution in [0.2, 0.25) is 0 Å². The van der Waals surface area contributed by atoms with Crippen molar-refractivity contribution in [3.63, 3.8) is 0 Å². The van der Waals surface area contributed by atoms with Crippen molar-refractivity contribution in [3.05, 3.63) is 24.3 Å². The third-order valence-corrected chi connectivity index (χ3v) is 5.10. The Morgan fingerprint density at radius 1 is 1.35 bits per heavy atom. The first kappa shape index (κ1) is 13.1. The van der Waals surface area contributed by atoms with Crippen molar-refractivity contribution in [2.24, 2.45) is 10.9 Å². The largest absolute Gasteiger partial charge is 0.354 e. The third kappa shape index (κ3) is 2.53. The lowest BCUT2D eigenvalue weighted by Gasteiger charge is -2.23. The summed E-state index contributed by atoms with van der Waals surface area (Å²) in [5, 5.41) is 2.75. The van der Waals surface area contributed by atoms with Crippen LogP contribution in [0, 0.1) is 5.92 Å². The Morgan fingerprint density at radius 3 is 2.85 bits per heavy atom. The zero-order chi connectivity index (χ0) is 14.2. The Bertz CT molecular complexity index is 665. The van der Waals surface area contributed by atoms with Crippen molar-refractivity contribution in [1.29, 1.82) is 0 Å². The van der Waals surface area contributed by atoms with Gasteiger partial charge in [-0.1, -0.05) is 12.1 Å². The molecule has 1 amide bonds. The highest BCUT2D eigenvalue weighted by atomic mass is 32.2. The molecule has 1 aliphatic heterocycles. The van der Waals surface area contributed by atoms with Gasteiger partial charge in [-0.05, 0) is 30.9 Å². The Morgan fingerprint density at radius 2 is 2.10 bits per heavy atom. The van der Waals surface area contributed by atoms with Gasteiger partial charge in [-0.2, -0.15) is 0 Å². The molecule has 0 unspecified atom stereocenters. The van der Waals surface area contributed by atoms with E-state index >= 15 is 0 Å². The molecule has 106 valence electrons. The van der Waals surface area contributed by atoms with Crippen LogP contribution < -0.4 is 5.32 Å². The van der Waals surface area contributed by atoms with Crippen molar-refractivity contribution >= 4 is 28.0 Å². The van der Waals surface area contributed by atoms with E-state index in [1.165, 1.54) is 12.4 Å². The van der Waals surface area contributed by atoms with E-state index in [0.717, 1.165) is 17.1 Å². The fourth-order valence-electron chi connectivity index (χ4n) is 2.00. The van der Waals surface area contributed by atoms with Gasteiger partial charge in [-0.3, -0.25) is 4.79 Å². The number of fused-ring (bicyclic) bond motifs is 1. The van der Waals surface area contributed by atoms with Crippen LogP contribution in [0.25, 0.3) is 0 Å². The zero-order valence-electron chi connectivity index (χ0n) is 10.8. The maximum absolute atomic E-state index is 12.3. The van der Waals surface area contributed by atoms with E-state index in [0.29, 0.717) is 18.2 Å². The first-order chi connectivity index (χ1) is 9.57. The number of sulfonamides is 1. The minimum Gasteiger partial charge on any atom is -0.354 e. The van der Waals surface area contributed by atoms with Crippen molar-refractivity contribution in [1.82, 2.24) is 9.62 Å². The highest BCUT2D eigenvalue weighted by Crippen LogP contribution is 2.30. The third-order valence-electron chi connectivity index (χ3n) is 3.36. The van der Waals surface area contributed by atoms with Crippen LogP contribution in [0.3, 0.4) is 0 Å². The lowest BCUT2D eigenvalue weighted by atomic mass is 10.3. The molecule has 0 bridgehead atoms. The highest BCUT2D eigenvalue weighted by molar-refractivity contribution is 7.89. The number of para-hydroxylation sites is 1. The highest BCUT2D eigenvalue weighted by Gasteiger charge is 2.30. The van der Waals surface area contributed by atoms with E-state index in [9.17, 15) is 13.2 Å². The quantitative estimate of drug-likeness (QED) is 0.895. The smallest absolute Gasteiger partial charge is 0.267 e. The molecule has 0 atom stereocenters. The number of rotatable bonds is 4. The molecule has 3 rings (SSSR count). The van der Waals surface area contributed by atoms with Gasteiger partial charge < -0.3 is 5.32 Å². The Labute approximate surface area is 117 Å². The molecule has 1 aromatic carbocycles. The summed E-state index contributed by atoms with van der Waals surface area (Å²) >= 11 is 0. The van der Waals surface area contributed by atoms with Gasteiger partial charge in [-0.15, -0.1) is 0 Å². The zero-order valence-corrected chi connectivity index (χ0v) is 11.6. The number of aliphatic imine (C=N–C) groups is 1. The number of nitrogens with one attached hydrogen (secondary N) is 1. The molecule has 1 N–H and O–H groups in total. The number of nitrogens with zero attached hydrogens (tertiary/aromatic N) is 2. The number of carbonyl (C=O) groups excluding carboxylic acids is 1. The summed E-state index contributed by atoms with van der Waals surface area (Å²) in [5.41, 5.74) is 0.405. The second kappa shape index (κ2) is 4.90. The van der Waals surface area contributed by atoms with Crippen LogP contribution in [-0.2, 0) is 14.8 Å². The van der Waals surface area contributed by atoms with E-state index in [-0.39, 0.29) is 17.3 Å². The summed E-state index contributed by atoms with van der Waals surface area (Å²) in [6.45, 7) is 0.396. The van der Waals surface area contributed by atoms with E-state index in [2.05, 4.69) is 10.3 Å². The maximum Gasteiger partial charge on any atom is 0.267 e. The molecule has 1 heterocycles. The van der Waals surface area contributed by atoms with E-state index in [4.69, 9.17) is 0 Å². The first-order valence-electron chi connectivity index (χ1n) is 6.49. The van der Waals surface area contributed by atoms with E-state index < -0.39 is 10.0 Å². The summed E-state index contributed by atoms with van der Waals surface area (Å²) in [4.78, 5) is 16.0. The Kier molecular flexibility index (Phi) is 3.21. The summed E-state index contributed by atoms with van der Waals surface area (Å²) in [6, 6.07) is 6.50. The van der Waals surface area contributed by atoms with Crippen LogP contribution in [0.1, 0.15) is 12.8 Å². The normalized spacial score (nSPS) is 19.5. The fourth-order valence-corrected chi connectivity index (χ4v) is 3.35. The molecule has 6 nitrogen and oxygen atoms in total. The predicted molar refractivity (Wildman–Crippen MR) is 74.2 cm³/mol. The molecular weight excluding hydrogens is 278 g/mol. The summed E-state index contributed by atoms with van der Waals surface area (Å²) < 4.78 is 25.7. The lowest BCUT2D eigenvalue weighted by Crippen LogP contribution is -2.41. The lowest BCUT2D eigenvalue weighted by molar-refractivity contribution is -0.120. The summed E-state index contributed by atoms with van der Waals surface area (Å²) in [7, 11) is -3.68. The van der Waals surface area contributed by atoms with Gasteiger partial charge in [0.05, 0.1) is 5.69 Å². The topological polar surface area (TPSA) is 78.8 Å². The van der Waals surface area contributed by atoms with Gasteiger partial charge in [0, 0.05) is 6.54 Å². The number of benzene rings is 1. The van der Waals surface area contributed by atoms with Crippen LogP contribution in [-0.4, -0.2) is 38.1 Å². The Hall–Kier alpha value is -1.89. The maximum atomic E-state index is 12.3. The number of amides is 1.